The molecule has 7 heteroatoms. The molecule has 0 unspecified atom stereocenters. The van der Waals surface area contributed by atoms with Crippen molar-refractivity contribution in [2.45, 2.75) is 97.9 Å². The van der Waals surface area contributed by atoms with Gasteiger partial charge in [0.1, 0.15) is 0 Å². The van der Waals surface area contributed by atoms with Gasteiger partial charge in [0.05, 0.1) is 6.54 Å². The van der Waals surface area contributed by atoms with E-state index in [1.165, 1.54) is 38.5 Å². The third kappa shape index (κ3) is 7.43. The number of aryl methyl sites for hydroxylation is 1. The van der Waals surface area contributed by atoms with Gasteiger partial charge in [-0.2, -0.15) is 4.80 Å². The average Bonchev–Trinajstić information content (AvgIpc) is 3.14. The number of para-hydroxylation sites is 1. The van der Waals surface area contributed by atoms with Gasteiger partial charge in [0.25, 0.3) is 5.95 Å². The molecule has 0 radical (unpaired) electrons. The first kappa shape index (κ1) is 23.8. The molecule has 2 amide bonds. The van der Waals surface area contributed by atoms with Crippen LogP contribution in [0.5, 0.6) is 0 Å². The number of rotatable bonds is 12. The lowest BCUT2D eigenvalue weighted by atomic mass is 9.93. The zero-order chi connectivity index (χ0) is 21.9. The fourth-order valence-electron chi connectivity index (χ4n) is 3.54. The molecule has 1 heterocycles. The maximum atomic E-state index is 12.6. The summed E-state index contributed by atoms with van der Waals surface area (Å²) in [6.45, 7) is 11.4. The maximum Gasteiger partial charge on any atom is 0.326 e. The molecular formula is C23H38N6O. The molecule has 0 saturated heterocycles. The highest BCUT2D eigenvalue weighted by Gasteiger charge is 2.17. The monoisotopic (exact) mass is 414 g/mol. The largest absolute Gasteiger partial charge is 0.326 e. The van der Waals surface area contributed by atoms with Crippen molar-refractivity contribution in [1.29, 1.82) is 0 Å². The standard InChI is InChI=1S/C23H38N6O/c1-6-7-8-9-10-11-12-16-29-27-22(26-28-29)25-23(30)24-21-19(17(2)3)14-13-15-20(21)18(4)5/h13-15,17-18H,6-12,16H2,1-5H3,(H2,24,25,27,30). The summed E-state index contributed by atoms with van der Waals surface area (Å²) in [5.74, 6) is 0.837. The lowest BCUT2D eigenvalue weighted by Crippen LogP contribution is -2.22. The highest BCUT2D eigenvalue weighted by atomic mass is 16.2. The van der Waals surface area contributed by atoms with E-state index in [2.05, 4.69) is 72.8 Å². The maximum absolute atomic E-state index is 12.6. The second-order valence-corrected chi connectivity index (χ2v) is 8.53. The average molecular weight is 415 g/mol. The molecule has 30 heavy (non-hydrogen) atoms. The number of carbonyl (C=O) groups excluding carboxylic acids is 1. The molecule has 0 atom stereocenters. The van der Waals surface area contributed by atoms with Crippen molar-refractivity contribution in [2.24, 2.45) is 0 Å². The summed E-state index contributed by atoms with van der Waals surface area (Å²) in [6.07, 6.45) is 8.64. The van der Waals surface area contributed by atoms with Gasteiger partial charge in [-0.05, 0) is 34.6 Å². The quantitative estimate of drug-likeness (QED) is 0.398. The second kappa shape index (κ2) is 12.3. The Labute approximate surface area is 181 Å². The molecule has 2 rings (SSSR count). The van der Waals surface area contributed by atoms with E-state index in [4.69, 9.17) is 0 Å². The summed E-state index contributed by atoms with van der Waals surface area (Å²) < 4.78 is 0. The van der Waals surface area contributed by atoms with Gasteiger partial charge < -0.3 is 5.32 Å². The van der Waals surface area contributed by atoms with E-state index in [1.807, 2.05) is 6.07 Å². The number of hydrogen-bond acceptors (Lipinski definition) is 4. The van der Waals surface area contributed by atoms with E-state index in [-0.39, 0.29) is 12.0 Å². The Morgan fingerprint density at radius 1 is 0.933 bits per heavy atom. The minimum Gasteiger partial charge on any atom is -0.307 e. The summed E-state index contributed by atoms with van der Waals surface area (Å²) in [5, 5.41) is 18.0. The SMILES string of the molecule is CCCCCCCCCn1nnc(NC(=O)Nc2c(C(C)C)cccc2C(C)C)n1. The molecule has 0 bridgehead atoms. The predicted molar refractivity (Wildman–Crippen MR) is 123 cm³/mol. The summed E-state index contributed by atoms with van der Waals surface area (Å²) in [4.78, 5) is 14.1. The van der Waals surface area contributed by atoms with Crippen LogP contribution in [0.2, 0.25) is 0 Å². The molecule has 1 aromatic carbocycles. The van der Waals surface area contributed by atoms with E-state index >= 15 is 0 Å². The number of anilines is 2. The van der Waals surface area contributed by atoms with Crippen molar-refractivity contribution in [3.8, 4) is 0 Å². The lowest BCUT2D eigenvalue weighted by Gasteiger charge is -2.20. The smallest absolute Gasteiger partial charge is 0.307 e. The van der Waals surface area contributed by atoms with E-state index < -0.39 is 0 Å². The van der Waals surface area contributed by atoms with E-state index in [1.54, 1.807) is 4.80 Å². The van der Waals surface area contributed by atoms with Crippen molar-refractivity contribution in [1.82, 2.24) is 20.2 Å². The van der Waals surface area contributed by atoms with Crippen LogP contribution in [0.15, 0.2) is 18.2 Å². The van der Waals surface area contributed by atoms with Gasteiger partial charge in [-0.25, -0.2) is 4.79 Å². The van der Waals surface area contributed by atoms with Crippen LogP contribution in [0.25, 0.3) is 0 Å². The molecule has 0 aliphatic rings. The number of amides is 2. The molecule has 0 spiro atoms. The van der Waals surface area contributed by atoms with Gasteiger partial charge >= 0.3 is 6.03 Å². The summed E-state index contributed by atoms with van der Waals surface area (Å²) >= 11 is 0. The van der Waals surface area contributed by atoms with Gasteiger partial charge in [-0.3, -0.25) is 5.32 Å². The molecule has 0 fully saturated rings. The summed E-state index contributed by atoms with van der Waals surface area (Å²) in [5.41, 5.74) is 3.11. The molecule has 0 saturated carbocycles. The minimum atomic E-state index is -0.347. The number of unbranched alkanes of at least 4 members (excludes halogenated alkanes) is 6. The van der Waals surface area contributed by atoms with Crippen LogP contribution in [0.4, 0.5) is 16.4 Å². The van der Waals surface area contributed by atoms with Crippen LogP contribution in [0.3, 0.4) is 0 Å². The Hall–Kier alpha value is -2.44. The Kier molecular flexibility index (Phi) is 9.77. The lowest BCUT2D eigenvalue weighted by molar-refractivity contribution is 0.262. The zero-order valence-corrected chi connectivity index (χ0v) is 19.2. The van der Waals surface area contributed by atoms with Crippen LogP contribution in [-0.4, -0.2) is 26.2 Å². The van der Waals surface area contributed by atoms with Gasteiger partial charge in [0, 0.05) is 5.69 Å². The number of urea groups is 1. The van der Waals surface area contributed by atoms with Crippen LogP contribution in [0.1, 0.15) is 103 Å². The predicted octanol–water partition coefficient (Wildman–Crippen LogP) is 6.31. The van der Waals surface area contributed by atoms with Crippen LogP contribution in [-0.2, 0) is 6.54 Å². The highest BCUT2D eigenvalue weighted by molar-refractivity contribution is 5.99. The third-order valence-electron chi connectivity index (χ3n) is 5.25. The molecular weight excluding hydrogens is 376 g/mol. The van der Waals surface area contributed by atoms with Crippen LogP contribution < -0.4 is 10.6 Å². The Morgan fingerprint density at radius 3 is 2.13 bits per heavy atom. The number of aromatic nitrogens is 4. The molecule has 2 N–H and O–H groups in total. The van der Waals surface area contributed by atoms with Crippen molar-refractivity contribution >= 4 is 17.7 Å². The first-order valence-corrected chi connectivity index (χ1v) is 11.4. The first-order valence-electron chi connectivity index (χ1n) is 11.4. The molecule has 1 aromatic heterocycles. The van der Waals surface area contributed by atoms with Crippen molar-refractivity contribution in [3.63, 3.8) is 0 Å². The van der Waals surface area contributed by atoms with Crippen LogP contribution >= 0.6 is 0 Å². The summed E-state index contributed by atoms with van der Waals surface area (Å²) in [7, 11) is 0. The van der Waals surface area contributed by atoms with Gasteiger partial charge in [-0.15, -0.1) is 5.10 Å². The number of carbonyl (C=O) groups is 1. The van der Waals surface area contributed by atoms with E-state index in [0.717, 1.165) is 29.8 Å². The Bertz CT molecular complexity index is 758. The number of nitrogens with one attached hydrogen (secondary N) is 2. The Morgan fingerprint density at radius 2 is 1.53 bits per heavy atom. The molecule has 166 valence electrons. The van der Waals surface area contributed by atoms with Crippen molar-refractivity contribution in [2.75, 3.05) is 10.6 Å². The number of nitrogens with zero attached hydrogens (tertiary/aromatic N) is 4. The topological polar surface area (TPSA) is 84.7 Å². The van der Waals surface area contributed by atoms with Gasteiger partial charge in [0.15, 0.2) is 0 Å². The molecule has 0 aliphatic carbocycles. The van der Waals surface area contributed by atoms with E-state index in [0.29, 0.717) is 11.8 Å². The normalized spacial score (nSPS) is 11.3. The molecule has 2 aromatic rings. The number of benzene rings is 1. The third-order valence-corrected chi connectivity index (χ3v) is 5.25. The van der Waals surface area contributed by atoms with Crippen molar-refractivity contribution in [3.05, 3.63) is 29.3 Å². The van der Waals surface area contributed by atoms with Crippen LogP contribution in [0, 0.1) is 0 Å². The zero-order valence-electron chi connectivity index (χ0n) is 19.2. The number of hydrogen-bond donors (Lipinski definition) is 2. The molecule has 0 aliphatic heterocycles. The van der Waals surface area contributed by atoms with Gasteiger partial charge in [-0.1, -0.05) is 96.4 Å². The first-order chi connectivity index (χ1) is 14.4. The molecule has 7 nitrogen and oxygen atoms in total. The number of tetrazole rings is 1. The highest BCUT2D eigenvalue weighted by Crippen LogP contribution is 2.32. The second-order valence-electron chi connectivity index (χ2n) is 8.53. The fraction of sp³-hybridized carbons (Fsp3) is 0.652. The fourth-order valence-corrected chi connectivity index (χ4v) is 3.54. The minimum absolute atomic E-state index is 0.226. The van der Waals surface area contributed by atoms with Crippen molar-refractivity contribution < 1.29 is 4.79 Å². The Balaban J connectivity index is 1.88. The van der Waals surface area contributed by atoms with E-state index in [9.17, 15) is 4.79 Å². The summed E-state index contributed by atoms with van der Waals surface area (Å²) in [6, 6.07) is 5.82. The van der Waals surface area contributed by atoms with Gasteiger partial charge in [0.2, 0.25) is 0 Å².